The highest BCUT2D eigenvalue weighted by molar-refractivity contribution is 5.79. The Morgan fingerprint density at radius 2 is 1.73 bits per heavy atom. The van der Waals surface area contributed by atoms with Crippen molar-refractivity contribution in [3.8, 4) is 0 Å². The predicted molar refractivity (Wildman–Crippen MR) is 85.5 cm³/mol. The van der Waals surface area contributed by atoms with Gasteiger partial charge in [0.25, 0.3) is 0 Å². The van der Waals surface area contributed by atoms with E-state index in [1.165, 1.54) is 0 Å². The Balaban J connectivity index is 3.36. The van der Waals surface area contributed by atoms with Crippen molar-refractivity contribution >= 4 is 11.8 Å². The maximum absolute atomic E-state index is 12.5. The zero-order chi connectivity index (χ0) is 16.8. The topological polar surface area (TPSA) is 52.6 Å². The number of hydrogen-bond donors (Lipinski definition) is 0. The molecule has 1 aromatic carbocycles. The van der Waals surface area contributed by atoms with E-state index in [4.69, 9.17) is 9.47 Å². The summed E-state index contributed by atoms with van der Waals surface area (Å²) in [5.74, 6) is -0.263. The molecule has 0 aromatic heterocycles. The average Bonchev–Trinajstić information content (AvgIpc) is 2.49. The van der Waals surface area contributed by atoms with E-state index in [2.05, 4.69) is 0 Å². The lowest BCUT2D eigenvalue weighted by Crippen LogP contribution is -2.49. The number of esters is 1. The lowest BCUT2D eigenvalue weighted by atomic mass is 9.68. The molecule has 1 atom stereocenters. The van der Waals surface area contributed by atoms with Crippen molar-refractivity contribution in [2.75, 3.05) is 13.7 Å². The minimum absolute atomic E-state index is 0.0667. The first kappa shape index (κ1) is 18.4. The summed E-state index contributed by atoms with van der Waals surface area (Å²) < 4.78 is 11.1. The van der Waals surface area contributed by atoms with Crippen LogP contribution in [0.3, 0.4) is 0 Å². The molecule has 0 amide bonds. The van der Waals surface area contributed by atoms with Gasteiger partial charge in [-0.15, -0.1) is 0 Å². The minimum Gasteiger partial charge on any atom is -0.465 e. The summed E-state index contributed by atoms with van der Waals surface area (Å²) in [7, 11) is 1.58. The molecule has 0 bridgehead atoms. The fraction of sp³-hybridized carbons (Fsp3) is 0.556. The van der Waals surface area contributed by atoms with Crippen molar-refractivity contribution in [2.24, 2.45) is 5.41 Å². The van der Waals surface area contributed by atoms with Crippen molar-refractivity contribution in [3.05, 3.63) is 35.9 Å². The molecule has 0 aliphatic heterocycles. The Morgan fingerprint density at radius 3 is 2.18 bits per heavy atom. The van der Waals surface area contributed by atoms with Gasteiger partial charge < -0.3 is 14.3 Å². The number of carbonyl (C=O) groups excluding carboxylic acids is 2. The quantitative estimate of drug-likeness (QED) is 0.690. The van der Waals surface area contributed by atoms with E-state index < -0.39 is 11.0 Å². The van der Waals surface area contributed by atoms with Gasteiger partial charge in [-0.05, 0) is 39.7 Å². The summed E-state index contributed by atoms with van der Waals surface area (Å²) in [6.45, 7) is 7.25. The van der Waals surface area contributed by atoms with E-state index in [0.717, 1.165) is 5.56 Å². The normalized spacial score (nSPS) is 14.2. The van der Waals surface area contributed by atoms with E-state index in [1.54, 1.807) is 21.0 Å². The fourth-order valence-electron chi connectivity index (χ4n) is 2.83. The molecule has 22 heavy (non-hydrogen) atoms. The fourth-order valence-corrected chi connectivity index (χ4v) is 2.83. The summed E-state index contributed by atoms with van der Waals surface area (Å²) in [6.07, 6.45) is 0.764. The van der Waals surface area contributed by atoms with Gasteiger partial charge >= 0.3 is 5.97 Å². The van der Waals surface area contributed by atoms with Crippen LogP contribution >= 0.6 is 0 Å². The highest BCUT2D eigenvalue weighted by Gasteiger charge is 2.52. The standard InChI is InChI=1S/C18H26O4/c1-6-22-16(20)17(3,4)18(21-5,13-12-14(2)19)15-10-8-7-9-11-15/h7-11H,6,12-13H2,1-5H3. The van der Waals surface area contributed by atoms with Gasteiger partial charge in [-0.2, -0.15) is 0 Å². The molecule has 1 rings (SSSR count). The van der Waals surface area contributed by atoms with Gasteiger partial charge in [0.2, 0.25) is 0 Å². The lowest BCUT2D eigenvalue weighted by molar-refractivity contribution is -0.180. The third kappa shape index (κ3) is 3.55. The van der Waals surface area contributed by atoms with E-state index in [9.17, 15) is 9.59 Å². The van der Waals surface area contributed by atoms with Crippen LogP contribution in [0.25, 0.3) is 0 Å². The van der Waals surface area contributed by atoms with Gasteiger partial charge in [0.1, 0.15) is 11.4 Å². The second-order valence-electron chi connectivity index (χ2n) is 5.94. The highest BCUT2D eigenvalue weighted by Crippen LogP contribution is 2.47. The van der Waals surface area contributed by atoms with Crippen LogP contribution in [0.5, 0.6) is 0 Å². The molecule has 0 spiro atoms. The van der Waals surface area contributed by atoms with Crippen LogP contribution < -0.4 is 0 Å². The molecule has 4 nitrogen and oxygen atoms in total. The van der Waals surface area contributed by atoms with Gasteiger partial charge in [-0.3, -0.25) is 4.79 Å². The van der Waals surface area contributed by atoms with E-state index in [-0.39, 0.29) is 11.8 Å². The van der Waals surface area contributed by atoms with Gasteiger partial charge in [0, 0.05) is 13.5 Å². The Bertz CT molecular complexity index is 507. The largest absolute Gasteiger partial charge is 0.465 e. The zero-order valence-electron chi connectivity index (χ0n) is 14.1. The lowest BCUT2D eigenvalue weighted by Gasteiger charge is -2.44. The summed E-state index contributed by atoms with van der Waals surface area (Å²) in [6, 6.07) is 9.55. The van der Waals surface area contributed by atoms with Crippen molar-refractivity contribution in [1.82, 2.24) is 0 Å². The number of methoxy groups -OCH3 is 1. The molecule has 1 unspecified atom stereocenters. The Morgan fingerprint density at radius 1 is 1.14 bits per heavy atom. The summed E-state index contributed by atoms with van der Waals surface area (Å²) in [4.78, 5) is 24.0. The number of Topliss-reactive ketones (excluding diaryl/α,β-unsaturated/α-hetero) is 1. The van der Waals surface area contributed by atoms with Crippen LogP contribution in [0.15, 0.2) is 30.3 Å². The molecule has 0 heterocycles. The zero-order valence-corrected chi connectivity index (χ0v) is 14.1. The van der Waals surface area contributed by atoms with Crippen LogP contribution in [0.4, 0.5) is 0 Å². The van der Waals surface area contributed by atoms with E-state index >= 15 is 0 Å². The molecule has 4 heteroatoms. The van der Waals surface area contributed by atoms with Crippen molar-refractivity contribution in [1.29, 1.82) is 0 Å². The number of ether oxygens (including phenoxy) is 2. The molecule has 0 radical (unpaired) electrons. The molecule has 0 N–H and O–H groups in total. The van der Waals surface area contributed by atoms with Crippen LogP contribution in [-0.2, 0) is 24.7 Å². The molecular weight excluding hydrogens is 280 g/mol. The van der Waals surface area contributed by atoms with Gasteiger partial charge in [0.05, 0.1) is 12.0 Å². The first-order valence-corrected chi connectivity index (χ1v) is 7.59. The molecule has 0 saturated carbocycles. The van der Waals surface area contributed by atoms with Crippen molar-refractivity contribution in [2.45, 2.75) is 46.1 Å². The van der Waals surface area contributed by atoms with Crippen LogP contribution in [0, 0.1) is 5.41 Å². The van der Waals surface area contributed by atoms with E-state index in [1.807, 2.05) is 44.2 Å². The van der Waals surface area contributed by atoms with Crippen LogP contribution in [0.1, 0.15) is 46.1 Å². The Kier molecular flexibility index (Phi) is 6.30. The summed E-state index contributed by atoms with van der Waals surface area (Å²) in [5.41, 5.74) is -0.961. The second kappa shape index (κ2) is 7.54. The third-order valence-electron chi connectivity index (χ3n) is 4.21. The molecule has 0 aliphatic rings. The molecule has 0 fully saturated rings. The first-order valence-electron chi connectivity index (χ1n) is 7.59. The number of hydrogen-bond acceptors (Lipinski definition) is 4. The number of carbonyl (C=O) groups is 2. The van der Waals surface area contributed by atoms with Gasteiger partial charge in [-0.1, -0.05) is 30.3 Å². The van der Waals surface area contributed by atoms with Gasteiger partial charge in [0.15, 0.2) is 0 Å². The van der Waals surface area contributed by atoms with Crippen LogP contribution in [-0.4, -0.2) is 25.5 Å². The Hall–Kier alpha value is -1.68. The average molecular weight is 306 g/mol. The molecule has 122 valence electrons. The van der Waals surface area contributed by atoms with Crippen molar-refractivity contribution < 1.29 is 19.1 Å². The van der Waals surface area contributed by atoms with Crippen molar-refractivity contribution in [3.63, 3.8) is 0 Å². The van der Waals surface area contributed by atoms with E-state index in [0.29, 0.717) is 19.4 Å². The minimum atomic E-state index is -0.922. The smallest absolute Gasteiger partial charge is 0.314 e. The summed E-state index contributed by atoms with van der Waals surface area (Å²) >= 11 is 0. The first-order chi connectivity index (χ1) is 10.3. The molecule has 1 aromatic rings. The van der Waals surface area contributed by atoms with Gasteiger partial charge in [-0.25, -0.2) is 0 Å². The Labute approximate surface area is 132 Å². The second-order valence-corrected chi connectivity index (χ2v) is 5.94. The maximum atomic E-state index is 12.5. The molecule has 0 saturated heterocycles. The highest BCUT2D eigenvalue weighted by atomic mass is 16.5. The maximum Gasteiger partial charge on any atom is 0.314 e. The SMILES string of the molecule is CCOC(=O)C(C)(C)C(CCC(C)=O)(OC)c1ccccc1. The number of benzene rings is 1. The molecule has 0 aliphatic carbocycles. The number of rotatable bonds is 8. The molecular formula is C18H26O4. The van der Waals surface area contributed by atoms with Crippen LogP contribution in [0.2, 0.25) is 0 Å². The third-order valence-corrected chi connectivity index (χ3v) is 4.21. The monoisotopic (exact) mass is 306 g/mol. The summed E-state index contributed by atoms with van der Waals surface area (Å²) in [5, 5.41) is 0. The predicted octanol–water partition coefficient (Wildman–Crippen LogP) is 3.49. The number of ketones is 1.